The fraction of sp³-hybridized carbons (Fsp3) is 0.261. The van der Waals surface area contributed by atoms with Crippen LogP contribution in [0.5, 0.6) is 0 Å². The predicted molar refractivity (Wildman–Crippen MR) is 153 cm³/mol. The number of amides is 2. The molecule has 210 valence electrons. The Kier molecular flexibility index (Phi) is 8.96. The summed E-state index contributed by atoms with van der Waals surface area (Å²) in [5.74, 6) is -1.39. The number of carboxylic acids is 1. The number of anilines is 3. The molecule has 2 aromatic rings. The summed E-state index contributed by atoms with van der Waals surface area (Å²) in [5, 5.41) is 18.1. The molecule has 8 N–H and O–H groups in total. The molecule has 2 aromatic heterocycles. The number of hydrogen-bond acceptors (Lipinski definition) is 13. The number of hydrogen-bond donors (Lipinski definition) is 5. The number of thioether (sulfide) groups is 2. The van der Waals surface area contributed by atoms with Gasteiger partial charge < -0.3 is 32.5 Å². The molecule has 0 spiro atoms. The smallest absolute Gasteiger partial charge is 0.352 e. The van der Waals surface area contributed by atoms with Crippen LogP contribution in [0.2, 0.25) is 0 Å². The molecule has 2 aliphatic heterocycles. The molecule has 0 saturated carbocycles. The van der Waals surface area contributed by atoms with Crippen LogP contribution in [0, 0.1) is 0 Å². The second-order valence-corrected chi connectivity index (χ2v) is 11.2. The Balaban J connectivity index is 1.52. The highest BCUT2D eigenvalue weighted by Gasteiger charge is 2.54. The van der Waals surface area contributed by atoms with Gasteiger partial charge in [0.1, 0.15) is 29.1 Å². The van der Waals surface area contributed by atoms with Gasteiger partial charge in [-0.05, 0) is 30.3 Å². The summed E-state index contributed by atoms with van der Waals surface area (Å²) in [6.07, 6.45) is 4.50. The first kappa shape index (κ1) is 28.9. The number of aliphatic carboxylic acids is 1. The minimum atomic E-state index is -1.25. The zero-order valence-electron chi connectivity index (χ0n) is 21.1. The average molecular weight is 605 g/mol. The van der Waals surface area contributed by atoms with Gasteiger partial charge in [-0.1, -0.05) is 22.8 Å². The van der Waals surface area contributed by atoms with E-state index in [1.54, 1.807) is 23.6 Å². The average Bonchev–Trinajstić information content (AvgIpc) is 3.34. The molecular weight excluding hydrogens is 579 g/mol. The first-order valence-corrected chi connectivity index (χ1v) is 14.5. The first-order chi connectivity index (χ1) is 19.2. The molecule has 40 heavy (non-hydrogen) atoms. The molecule has 2 aliphatic rings. The largest absolute Gasteiger partial charge is 0.477 e. The van der Waals surface area contributed by atoms with E-state index in [2.05, 4.69) is 27.0 Å². The van der Waals surface area contributed by atoms with Crippen molar-refractivity contribution in [3.63, 3.8) is 0 Å². The van der Waals surface area contributed by atoms with Crippen molar-refractivity contribution in [1.82, 2.24) is 20.2 Å². The molecule has 4 rings (SSSR count). The van der Waals surface area contributed by atoms with Crippen molar-refractivity contribution in [3.8, 4) is 0 Å². The molecule has 17 heteroatoms. The molecule has 0 bridgehead atoms. The minimum absolute atomic E-state index is 0.128. The predicted octanol–water partition coefficient (Wildman–Crippen LogP) is 0.543. The summed E-state index contributed by atoms with van der Waals surface area (Å²) in [6, 6.07) is 0.546. The topological polar surface area (TPSA) is 216 Å². The standard InChI is InChI=1S/C23H25N9O5S3/c1-3-5-31-14(25)7-13(24)28-23(31)40-9-11-8-38-20-16(19(34)32(20)17(11)21(35)36)29-18(33)15(30-37-6-4-2)12-10-39-22(26)27-12/h3-4,6-7,10,16,20H,1,5,8-9H2,2H3,(H7,24,25,26,27,29,33,35,36)/p+1/b6-4+,30-15+. The van der Waals surface area contributed by atoms with E-state index >= 15 is 0 Å². The lowest BCUT2D eigenvalue weighted by atomic mass is 10.0. The van der Waals surface area contributed by atoms with Crippen LogP contribution in [-0.4, -0.2) is 66.4 Å². The second-order valence-electron chi connectivity index (χ2n) is 8.28. The van der Waals surface area contributed by atoms with E-state index in [0.717, 1.165) is 11.3 Å². The quantitative estimate of drug-likeness (QED) is 0.0347. The van der Waals surface area contributed by atoms with Crippen molar-refractivity contribution >= 4 is 75.1 Å². The van der Waals surface area contributed by atoms with Gasteiger partial charge in [-0.2, -0.15) is 0 Å². The minimum Gasteiger partial charge on any atom is -0.477 e. The Morgan fingerprint density at radius 1 is 1.40 bits per heavy atom. The van der Waals surface area contributed by atoms with Gasteiger partial charge in [-0.15, -0.1) is 23.1 Å². The van der Waals surface area contributed by atoms with Crippen LogP contribution < -0.4 is 27.1 Å². The van der Waals surface area contributed by atoms with Gasteiger partial charge in [0.05, 0.1) is 12.6 Å². The summed E-state index contributed by atoms with van der Waals surface area (Å²) >= 11 is 3.69. The zero-order valence-corrected chi connectivity index (χ0v) is 23.6. The highest BCUT2D eigenvalue weighted by Crippen LogP contribution is 2.41. The Bertz CT molecular complexity index is 1460. The van der Waals surface area contributed by atoms with Gasteiger partial charge in [0.15, 0.2) is 10.8 Å². The number of carbonyl (C=O) groups excluding carboxylic acids is 2. The van der Waals surface area contributed by atoms with E-state index in [1.807, 2.05) is 0 Å². The van der Waals surface area contributed by atoms with Crippen LogP contribution in [0.25, 0.3) is 0 Å². The van der Waals surface area contributed by atoms with Crippen LogP contribution in [-0.2, 0) is 25.8 Å². The van der Waals surface area contributed by atoms with Crippen molar-refractivity contribution in [3.05, 3.63) is 53.4 Å². The molecule has 4 heterocycles. The highest BCUT2D eigenvalue weighted by molar-refractivity contribution is 8.01. The van der Waals surface area contributed by atoms with Gasteiger partial charge >= 0.3 is 11.1 Å². The molecule has 2 unspecified atom stereocenters. The number of thiazole rings is 1. The molecule has 14 nitrogen and oxygen atoms in total. The van der Waals surface area contributed by atoms with Crippen LogP contribution in [0.1, 0.15) is 12.6 Å². The number of allylic oxidation sites excluding steroid dienone is 2. The highest BCUT2D eigenvalue weighted by atomic mass is 32.2. The van der Waals surface area contributed by atoms with Gasteiger partial charge in [0, 0.05) is 16.9 Å². The van der Waals surface area contributed by atoms with E-state index in [9.17, 15) is 19.5 Å². The summed E-state index contributed by atoms with van der Waals surface area (Å²) < 4.78 is 1.70. The maximum absolute atomic E-state index is 13.1. The third-order valence-corrected chi connectivity index (χ3v) is 8.68. The van der Waals surface area contributed by atoms with Crippen molar-refractivity contribution in [2.24, 2.45) is 5.16 Å². The first-order valence-electron chi connectivity index (χ1n) is 11.6. The van der Waals surface area contributed by atoms with Crippen molar-refractivity contribution < 1.29 is 28.9 Å². The van der Waals surface area contributed by atoms with Gasteiger partial charge in [-0.3, -0.25) is 14.5 Å². The van der Waals surface area contributed by atoms with Gasteiger partial charge in [0.25, 0.3) is 11.8 Å². The number of nitrogen functional groups attached to an aromatic ring is 3. The molecule has 1 saturated heterocycles. The van der Waals surface area contributed by atoms with Crippen LogP contribution >= 0.6 is 34.9 Å². The lowest BCUT2D eigenvalue weighted by Gasteiger charge is -2.49. The number of nitrogens with two attached hydrogens (primary N) is 3. The second kappa shape index (κ2) is 12.4. The van der Waals surface area contributed by atoms with Gasteiger partial charge in [-0.25, -0.2) is 14.3 Å². The van der Waals surface area contributed by atoms with E-state index in [1.165, 1.54) is 46.1 Å². The summed E-state index contributed by atoms with van der Waals surface area (Å²) in [7, 11) is 0. The maximum Gasteiger partial charge on any atom is 0.352 e. The SMILES string of the molecule is C=CC[n+]1c(N)cc(N)nc1SCC1=C(C(=O)O)N2C(=O)C(NC(=O)/C(=N/O/C=C/C)c3csc(N)n3)C2SC1. The van der Waals surface area contributed by atoms with E-state index in [4.69, 9.17) is 22.0 Å². The number of oxime groups is 1. The number of β-lactam (4-membered cyclic amide) rings is 1. The summed E-state index contributed by atoms with van der Waals surface area (Å²) in [5.41, 5.74) is 18.0. The summed E-state index contributed by atoms with van der Waals surface area (Å²) in [4.78, 5) is 53.1. The Labute approximate surface area is 241 Å². The number of nitrogens with one attached hydrogen (secondary N) is 1. The van der Waals surface area contributed by atoms with E-state index in [-0.39, 0.29) is 33.8 Å². The third kappa shape index (κ3) is 5.90. The number of carboxylic acid groups (broad SMARTS) is 1. The normalized spacial score (nSPS) is 18.9. The molecular formula is C23H26N9O5S3+. The Morgan fingerprint density at radius 3 is 2.83 bits per heavy atom. The van der Waals surface area contributed by atoms with Crippen LogP contribution in [0.3, 0.4) is 0 Å². The fourth-order valence-electron chi connectivity index (χ4n) is 3.87. The number of carbonyl (C=O) groups is 3. The van der Waals surface area contributed by atoms with E-state index in [0.29, 0.717) is 28.8 Å². The Morgan fingerprint density at radius 2 is 2.17 bits per heavy atom. The Hall–Kier alpha value is -4.09. The van der Waals surface area contributed by atoms with Crippen molar-refractivity contribution in [2.45, 2.75) is 30.0 Å². The molecule has 0 aromatic carbocycles. The molecule has 1 fully saturated rings. The number of nitrogens with zero attached hydrogens (tertiary/aromatic N) is 5. The lowest BCUT2D eigenvalue weighted by Crippen LogP contribution is -2.71. The van der Waals surface area contributed by atoms with Crippen molar-refractivity contribution in [2.75, 3.05) is 28.7 Å². The summed E-state index contributed by atoms with van der Waals surface area (Å²) in [6.45, 7) is 5.81. The maximum atomic E-state index is 13.1. The van der Waals surface area contributed by atoms with Gasteiger partial charge in [0.2, 0.25) is 11.6 Å². The molecule has 2 amide bonds. The third-order valence-electron chi connectivity index (χ3n) is 5.61. The lowest BCUT2D eigenvalue weighted by molar-refractivity contribution is -0.713. The number of fused-ring (bicyclic) bond motifs is 1. The van der Waals surface area contributed by atoms with E-state index < -0.39 is 29.2 Å². The zero-order chi connectivity index (χ0) is 29.0. The molecule has 2 atom stereocenters. The number of aromatic nitrogens is 3. The fourth-order valence-corrected chi connectivity index (χ4v) is 6.94. The van der Waals surface area contributed by atoms with Crippen molar-refractivity contribution in [1.29, 1.82) is 0 Å². The number of rotatable bonds is 11. The van der Waals surface area contributed by atoms with Crippen LogP contribution in [0.15, 0.2) is 58.0 Å². The molecule has 0 aliphatic carbocycles. The van der Waals surface area contributed by atoms with Crippen LogP contribution in [0.4, 0.5) is 16.8 Å². The molecule has 0 radical (unpaired) electrons. The monoisotopic (exact) mass is 604 g/mol.